The first-order valence-electron chi connectivity index (χ1n) is 7.10. The third-order valence-corrected chi connectivity index (χ3v) is 3.35. The zero-order chi connectivity index (χ0) is 13.8. The van der Waals surface area contributed by atoms with Crippen molar-refractivity contribution in [1.29, 1.82) is 0 Å². The Labute approximate surface area is 118 Å². The number of hydrogen-bond acceptors (Lipinski definition) is 5. The fraction of sp³-hybridized carbons (Fsp3) is 0.467. The lowest BCUT2D eigenvalue weighted by Crippen LogP contribution is -2.08. The molecule has 1 N–H and O–H groups in total. The van der Waals surface area contributed by atoms with Crippen LogP contribution in [0.4, 0.5) is 5.69 Å². The van der Waals surface area contributed by atoms with Crippen molar-refractivity contribution in [3.63, 3.8) is 0 Å². The highest BCUT2D eigenvalue weighted by atomic mass is 16.5. The summed E-state index contributed by atoms with van der Waals surface area (Å²) in [4.78, 5) is 4.44. The van der Waals surface area contributed by atoms with E-state index in [1.807, 2.05) is 37.3 Å². The molecule has 0 aliphatic heterocycles. The molecular weight excluding hydrogens is 254 g/mol. The Bertz CT molecular complexity index is 537. The minimum atomic E-state index is -0.00535. The number of nitrogens with one attached hydrogen (secondary N) is 1. The maximum absolute atomic E-state index is 5.72. The van der Waals surface area contributed by atoms with Crippen molar-refractivity contribution < 1.29 is 9.26 Å². The van der Waals surface area contributed by atoms with Crippen LogP contribution in [0.25, 0.3) is 0 Å². The first-order valence-corrected chi connectivity index (χ1v) is 7.10. The largest absolute Gasteiger partial charge is 0.376 e. The second-order valence-electron chi connectivity index (χ2n) is 4.98. The van der Waals surface area contributed by atoms with Crippen LogP contribution in [0.3, 0.4) is 0 Å². The van der Waals surface area contributed by atoms with Gasteiger partial charge in [-0.3, -0.25) is 0 Å². The van der Waals surface area contributed by atoms with Gasteiger partial charge in [-0.05, 0) is 37.8 Å². The highest BCUT2D eigenvalue weighted by Gasteiger charge is 2.36. The van der Waals surface area contributed by atoms with Gasteiger partial charge in [-0.1, -0.05) is 23.4 Å². The molecule has 1 aromatic carbocycles. The van der Waals surface area contributed by atoms with Crippen LogP contribution >= 0.6 is 0 Å². The molecule has 0 bridgehead atoms. The first-order chi connectivity index (χ1) is 9.86. The summed E-state index contributed by atoms with van der Waals surface area (Å²) in [5.41, 5.74) is 1.04. The SMILES string of the molecule is CCOC(c1noc(CNc2ccccc2)n1)C1CC1. The quantitative estimate of drug-likeness (QED) is 0.839. The highest BCUT2D eigenvalue weighted by Crippen LogP contribution is 2.42. The summed E-state index contributed by atoms with van der Waals surface area (Å²) >= 11 is 0. The summed E-state index contributed by atoms with van der Waals surface area (Å²) < 4.78 is 11.0. The Morgan fingerprint density at radius 1 is 1.35 bits per heavy atom. The lowest BCUT2D eigenvalue weighted by atomic mass is 10.2. The van der Waals surface area contributed by atoms with E-state index in [0.717, 1.165) is 5.69 Å². The number of aromatic nitrogens is 2. The fourth-order valence-electron chi connectivity index (χ4n) is 2.19. The van der Waals surface area contributed by atoms with Gasteiger partial charge in [-0.25, -0.2) is 0 Å². The smallest absolute Gasteiger partial charge is 0.246 e. The summed E-state index contributed by atoms with van der Waals surface area (Å²) in [6.45, 7) is 3.20. The highest BCUT2D eigenvalue weighted by molar-refractivity contribution is 5.42. The molecule has 1 heterocycles. The van der Waals surface area contributed by atoms with Crippen molar-refractivity contribution in [2.75, 3.05) is 11.9 Å². The van der Waals surface area contributed by atoms with Gasteiger partial charge in [-0.15, -0.1) is 0 Å². The van der Waals surface area contributed by atoms with Gasteiger partial charge in [0.05, 0.1) is 6.54 Å². The summed E-state index contributed by atoms with van der Waals surface area (Å²) in [6.07, 6.45) is 2.38. The maximum Gasteiger partial charge on any atom is 0.246 e. The van der Waals surface area contributed by atoms with Gasteiger partial charge >= 0.3 is 0 Å². The van der Waals surface area contributed by atoms with Crippen molar-refractivity contribution in [2.24, 2.45) is 5.92 Å². The van der Waals surface area contributed by atoms with Crippen molar-refractivity contribution in [3.05, 3.63) is 42.0 Å². The summed E-state index contributed by atoms with van der Waals surface area (Å²) in [5.74, 6) is 1.83. The number of anilines is 1. The Balaban J connectivity index is 1.61. The zero-order valence-corrected chi connectivity index (χ0v) is 11.6. The van der Waals surface area contributed by atoms with Crippen LogP contribution in [0.1, 0.15) is 37.6 Å². The molecule has 3 rings (SSSR count). The van der Waals surface area contributed by atoms with Crippen LogP contribution < -0.4 is 5.32 Å². The normalized spacial score (nSPS) is 16.1. The number of benzene rings is 1. The molecular formula is C15H19N3O2. The Kier molecular flexibility index (Phi) is 3.97. The number of para-hydroxylation sites is 1. The van der Waals surface area contributed by atoms with Gasteiger partial charge in [0, 0.05) is 12.3 Å². The lowest BCUT2D eigenvalue weighted by Gasteiger charge is -2.11. The molecule has 2 aromatic rings. The minimum Gasteiger partial charge on any atom is -0.376 e. The standard InChI is InChI=1S/C15H19N3O2/c1-2-19-14(11-8-9-11)15-17-13(20-18-15)10-16-12-6-4-3-5-7-12/h3-7,11,14,16H,2,8-10H2,1H3. The van der Waals surface area contributed by atoms with Crippen LogP contribution in [-0.2, 0) is 11.3 Å². The Morgan fingerprint density at radius 2 is 2.15 bits per heavy atom. The molecule has 1 fully saturated rings. The molecule has 106 valence electrons. The molecule has 20 heavy (non-hydrogen) atoms. The number of nitrogens with zero attached hydrogens (tertiary/aromatic N) is 2. The molecule has 5 nitrogen and oxygen atoms in total. The predicted molar refractivity (Wildman–Crippen MR) is 75.2 cm³/mol. The monoisotopic (exact) mass is 273 g/mol. The van der Waals surface area contributed by atoms with Gasteiger partial charge < -0.3 is 14.6 Å². The van der Waals surface area contributed by atoms with E-state index in [1.165, 1.54) is 12.8 Å². The van der Waals surface area contributed by atoms with E-state index in [1.54, 1.807) is 0 Å². The third kappa shape index (κ3) is 3.17. The zero-order valence-electron chi connectivity index (χ0n) is 11.6. The molecule has 0 radical (unpaired) electrons. The molecule has 1 aliphatic carbocycles. The predicted octanol–water partition coefficient (Wildman–Crippen LogP) is 3.17. The molecule has 0 saturated heterocycles. The van der Waals surface area contributed by atoms with E-state index in [-0.39, 0.29) is 6.10 Å². The van der Waals surface area contributed by atoms with Crippen LogP contribution in [0.5, 0.6) is 0 Å². The van der Waals surface area contributed by atoms with Gasteiger partial charge in [0.25, 0.3) is 0 Å². The van der Waals surface area contributed by atoms with E-state index in [4.69, 9.17) is 9.26 Å². The fourth-order valence-corrected chi connectivity index (χ4v) is 2.19. The lowest BCUT2D eigenvalue weighted by molar-refractivity contribution is 0.0384. The van der Waals surface area contributed by atoms with Gasteiger partial charge in [0.1, 0.15) is 6.10 Å². The third-order valence-electron chi connectivity index (χ3n) is 3.35. The number of hydrogen-bond donors (Lipinski definition) is 1. The van der Waals surface area contributed by atoms with Crippen molar-refractivity contribution in [2.45, 2.75) is 32.4 Å². The molecule has 1 atom stereocenters. The topological polar surface area (TPSA) is 60.2 Å². The van der Waals surface area contributed by atoms with Crippen LogP contribution in [0, 0.1) is 5.92 Å². The molecule has 0 spiro atoms. The molecule has 0 amide bonds. The first kappa shape index (κ1) is 13.1. The molecule has 5 heteroatoms. The van der Waals surface area contributed by atoms with E-state index in [2.05, 4.69) is 15.5 Å². The van der Waals surface area contributed by atoms with Gasteiger partial charge in [0.2, 0.25) is 11.7 Å². The number of ether oxygens (including phenoxy) is 1. The van der Waals surface area contributed by atoms with E-state index >= 15 is 0 Å². The summed E-state index contributed by atoms with van der Waals surface area (Å²) in [7, 11) is 0. The molecule has 1 aliphatic rings. The summed E-state index contributed by atoms with van der Waals surface area (Å²) in [5, 5.41) is 7.31. The van der Waals surface area contributed by atoms with Crippen LogP contribution in [-0.4, -0.2) is 16.7 Å². The van der Waals surface area contributed by atoms with Gasteiger partial charge in [0.15, 0.2) is 0 Å². The van der Waals surface area contributed by atoms with Crippen LogP contribution in [0.2, 0.25) is 0 Å². The number of rotatable bonds is 7. The van der Waals surface area contributed by atoms with Crippen molar-refractivity contribution in [1.82, 2.24) is 10.1 Å². The maximum atomic E-state index is 5.72. The Morgan fingerprint density at radius 3 is 2.85 bits per heavy atom. The minimum absolute atomic E-state index is 0.00535. The average molecular weight is 273 g/mol. The Hall–Kier alpha value is -1.88. The molecule has 1 saturated carbocycles. The van der Waals surface area contributed by atoms with Crippen molar-refractivity contribution in [3.8, 4) is 0 Å². The van der Waals surface area contributed by atoms with E-state index < -0.39 is 0 Å². The summed E-state index contributed by atoms with van der Waals surface area (Å²) in [6, 6.07) is 9.97. The van der Waals surface area contributed by atoms with Gasteiger partial charge in [-0.2, -0.15) is 4.98 Å². The average Bonchev–Trinajstić information content (AvgIpc) is 3.22. The van der Waals surface area contributed by atoms with Crippen LogP contribution in [0.15, 0.2) is 34.9 Å². The van der Waals surface area contributed by atoms with E-state index in [9.17, 15) is 0 Å². The molecule has 1 aromatic heterocycles. The second kappa shape index (κ2) is 6.05. The molecule has 1 unspecified atom stereocenters. The van der Waals surface area contributed by atoms with Crippen molar-refractivity contribution >= 4 is 5.69 Å². The van der Waals surface area contributed by atoms with E-state index in [0.29, 0.717) is 30.8 Å². The second-order valence-corrected chi connectivity index (χ2v) is 4.98.